The van der Waals surface area contributed by atoms with Gasteiger partial charge in [-0.3, -0.25) is 0 Å². The summed E-state index contributed by atoms with van der Waals surface area (Å²) in [6, 6.07) is 2.58. The summed E-state index contributed by atoms with van der Waals surface area (Å²) >= 11 is 1.79. The van der Waals surface area contributed by atoms with Crippen molar-refractivity contribution in [1.29, 1.82) is 0 Å². The van der Waals surface area contributed by atoms with Gasteiger partial charge in [0.05, 0.1) is 0 Å². The van der Waals surface area contributed by atoms with Crippen LogP contribution in [0.4, 0.5) is 4.79 Å². The molecule has 124 valence electrons. The zero-order valence-electron chi connectivity index (χ0n) is 14.3. The Morgan fingerprint density at radius 3 is 2.82 bits per heavy atom. The molecule has 4 nitrogen and oxygen atoms in total. The van der Waals surface area contributed by atoms with Crippen molar-refractivity contribution in [3.05, 3.63) is 21.9 Å². The highest BCUT2D eigenvalue weighted by molar-refractivity contribution is 7.10. The minimum absolute atomic E-state index is 0.188. The third kappa shape index (κ3) is 4.46. The summed E-state index contributed by atoms with van der Waals surface area (Å²) in [7, 11) is 0. The summed E-state index contributed by atoms with van der Waals surface area (Å²) in [6.45, 7) is 12.5. The van der Waals surface area contributed by atoms with Gasteiger partial charge in [-0.05, 0) is 63.6 Å². The van der Waals surface area contributed by atoms with Crippen LogP contribution in [0.3, 0.4) is 0 Å². The smallest absolute Gasteiger partial charge is 0.410 e. The average Bonchev–Trinajstić information content (AvgIpc) is 3.03. The van der Waals surface area contributed by atoms with Crippen LogP contribution >= 0.6 is 11.3 Å². The van der Waals surface area contributed by atoms with Gasteiger partial charge in [0.25, 0.3) is 0 Å². The molecule has 1 aliphatic rings. The number of rotatable bonds is 4. The lowest BCUT2D eigenvalue weighted by molar-refractivity contribution is 0.0285. The second kappa shape index (κ2) is 7.01. The molecule has 2 heterocycles. The van der Waals surface area contributed by atoms with E-state index in [0.29, 0.717) is 12.0 Å². The molecule has 2 rings (SSSR count). The number of thiophene rings is 1. The van der Waals surface area contributed by atoms with Crippen molar-refractivity contribution < 1.29 is 9.53 Å². The fourth-order valence-corrected chi connectivity index (χ4v) is 3.70. The van der Waals surface area contributed by atoms with E-state index < -0.39 is 5.60 Å². The number of carbonyl (C=O) groups excluding carboxylic acids is 1. The van der Waals surface area contributed by atoms with Crippen LogP contribution < -0.4 is 5.32 Å². The van der Waals surface area contributed by atoms with Crippen LogP contribution in [0.15, 0.2) is 11.4 Å². The van der Waals surface area contributed by atoms with Crippen LogP contribution in [0, 0.1) is 12.8 Å². The maximum absolute atomic E-state index is 12.2. The molecule has 5 heteroatoms. The van der Waals surface area contributed by atoms with Gasteiger partial charge in [0, 0.05) is 24.0 Å². The van der Waals surface area contributed by atoms with Gasteiger partial charge in [-0.2, -0.15) is 0 Å². The van der Waals surface area contributed by atoms with Crippen LogP contribution in [-0.4, -0.2) is 36.2 Å². The Labute approximate surface area is 137 Å². The zero-order valence-corrected chi connectivity index (χ0v) is 15.1. The number of likely N-dealkylation sites (tertiary alicyclic amines) is 1. The number of nitrogens with one attached hydrogen (secondary N) is 1. The SMILES string of the molecule is CCNC(c1csc(C)c1)C1CCN(C(=O)OC(C)(C)C)C1. The van der Waals surface area contributed by atoms with Gasteiger partial charge in [-0.1, -0.05) is 6.92 Å². The monoisotopic (exact) mass is 324 g/mol. The summed E-state index contributed by atoms with van der Waals surface area (Å²) in [4.78, 5) is 15.4. The number of ether oxygens (including phenoxy) is 1. The van der Waals surface area contributed by atoms with Gasteiger partial charge >= 0.3 is 6.09 Å². The Balaban J connectivity index is 2.02. The average molecular weight is 324 g/mol. The molecule has 0 saturated carbocycles. The summed E-state index contributed by atoms with van der Waals surface area (Å²) in [6.07, 6.45) is 0.831. The lowest BCUT2D eigenvalue weighted by atomic mass is 9.94. The molecule has 1 aliphatic heterocycles. The van der Waals surface area contributed by atoms with Crippen molar-refractivity contribution in [3.63, 3.8) is 0 Å². The molecule has 1 aromatic rings. The van der Waals surface area contributed by atoms with E-state index in [1.54, 1.807) is 11.3 Å². The summed E-state index contributed by atoms with van der Waals surface area (Å²) < 4.78 is 5.49. The highest BCUT2D eigenvalue weighted by atomic mass is 32.1. The largest absolute Gasteiger partial charge is 0.444 e. The molecule has 22 heavy (non-hydrogen) atoms. The first-order valence-electron chi connectivity index (χ1n) is 8.06. The maximum Gasteiger partial charge on any atom is 0.410 e. The normalized spacial score (nSPS) is 20.2. The van der Waals surface area contributed by atoms with Crippen molar-refractivity contribution in [1.82, 2.24) is 10.2 Å². The molecular formula is C17H28N2O2S. The van der Waals surface area contributed by atoms with Crippen LogP contribution in [-0.2, 0) is 4.74 Å². The van der Waals surface area contributed by atoms with E-state index in [0.717, 1.165) is 26.1 Å². The van der Waals surface area contributed by atoms with Crippen molar-refractivity contribution in [2.75, 3.05) is 19.6 Å². The molecule has 0 radical (unpaired) electrons. The number of nitrogens with zero attached hydrogens (tertiary/aromatic N) is 1. The second-order valence-corrected chi connectivity index (χ2v) is 8.12. The molecule has 0 bridgehead atoms. The molecule has 2 atom stereocenters. The van der Waals surface area contributed by atoms with Crippen molar-refractivity contribution >= 4 is 17.4 Å². The fourth-order valence-electron chi connectivity index (χ4n) is 2.96. The van der Waals surface area contributed by atoms with E-state index in [4.69, 9.17) is 4.74 Å². The van der Waals surface area contributed by atoms with Gasteiger partial charge in [0.2, 0.25) is 0 Å². The van der Waals surface area contributed by atoms with E-state index in [-0.39, 0.29) is 6.09 Å². The first-order chi connectivity index (χ1) is 10.3. The number of carbonyl (C=O) groups is 1. The number of hydrogen-bond acceptors (Lipinski definition) is 4. The third-order valence-corrected chi connectivity index (χ3v) is 4.76. The quantitative estimate of drug-likeness (QED) is 0.911. The highest BCUT2D eigenvalue weighted by Gasteiger charge is 2.34. The molecule has 1 amide bonds. The van der Waals surface area contributed by atoms with E-state index in [1.807, 2.05) is 25.7 Å². The van der Waals surface area contributed by atoms with Crippen molar-refractivity contribution in [3.8, 4) is 0 Å². The van der Waals surface area contributed by atoms with E-state index >= 15 is 0 Å². The standard InChI is InChI=1S/C17H28N2O2S/c1-6-18-15(14-9-12(2)22-11-14)13-7-8-19(10-13)16(20)21-17(3,4)5/h9,11,13,15,18H,6-8,10H2,1-5H3. The summed E-state index contributed by atoms with van der Waals surface area (Å²) in [5, 5.41) is 5.82. The van der Waals surface area contributed by atoms with Crippen LogP contribution in [0.2, 0.25) is 0 Å². The third-order valence-electron chi connectivity index (χ3n) is 3.88. The lowest BCUT2D eigenvalue weighted by Gasteiger charge is -2.26. The highest BCUT2D eigenvalue weighted by Crippen LogP contribution is 2.33. The minimum atomic E-state index is -0.430. The van der Waals surface area contributed by atoms with Gasteiger partial charge in [-0.15, -0.1) is 11.3 Å². The first-order valence-corrected chi connectivity index (χ1v) is 8.94. The van der Waals surface area contributed by atoms with Gasteiger partial charge in [0.1, 0.15) is 5.60 Å². The van der Waals surface area contributed by atoms with Gasteiger partial charge in [0.15, 0.2) is 0 Å². The predicted molar refractivity (Wildman–Crippen MR) is 91.4 cm³/mol. The minimum Gasteiger partial charge on any atom is -0.444 e. The molecule has 1 fully saturated rings. The first kappa shape index (κ1) is 17.3. The molecule has 1 saturated heterocycles. The number of hydrogen-bond donors (Lipinski definition) is 1. The Morgan fingerprint density at radius 1 is 1.55 bits per heavy atom. The lowest BCUT2D eigenvalue weighted by Crippen LogP contribution is -2.36. The summed E-state index contributed by atoms with van der Waals surface area (Å²) in [5.74, 6) is 0.446. The predicted octanol–water partition coefficient (Wildman–Crippen LogP) is 3.96. The molecule has 0 aliphatic carbocycles. The molecule has 2 unspecified atom stereocenters. The number of aryl methyl sites for hydroxylation is 1. The van der Waals surface area contributed by atoms with Crippen LogP contribution in [0.5, 0.6) is 0 Å². The Kier molecular flexibility index (Phi) is 5.50. The van der Waals surface area contributed by atoms with Crippen LogP contribution in [0.25, 0.3) is 0 Å². The Hall–Kier alpha value is -1.07. The topological polar surface area (TPSA) is 41.6 Å². The molecule has 0 spiro atoms. The number of amides is 1. The van der Waals surface area contributed by atoms with Crippen molar-refractivity contribution in [2.24, 2.45) is 5.92 Å². The zero-order chi connectivity index (χ0) is 16.3. The van der Waals surface area contributed by atoms with Crippen molar-refractivity contribution in [2.45, 2.75) is 52.7 Å². The summed E-state index contributed by atoms with van der Waals surface area (Å²) in [5.41, 5.74) is 0.918. The Bertz CT molecular complexity index is 507. The maximum atomic E-state index is 12.2. The molecule has 0 aromatic carbocycles. The van der Waals surface area contributed by atoms with Gasteiger partial charge in [-0.25, -0.2) is 4.79 Å². The second-order valence-electron chi connectivity index (χ2n) is 7.00. The Morgan fingerprint density at radius 2 is 2.27 bits per heavy atom. The molecular weight excluding hydrogens is 296 g/mol. The molecule has 1 N–H and O–H groups in total. The fraction of sp³-hybridized carbons (Fsp3) is 0.706. The van der Waals surface area contributed by atoms with Crippen LogP contribution in [0.1, 0.15) is 50.6 Å². The van der Waals surface area contributed by atoms with E-state index in [2.05, 4.69) is 30.6 Å². The molecule has 1 aromatic heterocycles. The van der Waals surface area contributed by atoms with E-state index in [9.17, 15) is 4.79 Å². The van der Waals surface area contributed by atoms with Gasteiger partial charge < -0.3 is 15.0 Å². The van der Waals surface area contributed by atoms with E-state index in [1.165, 1.54) is 10.4 Å².